The molecule has 1 aromatic heterocycles. The topological polar surface area (TPSA) is 77.4 Å². The fourth-order valence-electron chi connectivity index (χ4n) is 2.13. The summed E-state index contributed by atoms with van der Waals surface area (Å²) >= 11 is 0. The van der Waals surface area contributed by atoms with Gasteiger partial charge in [-0.15, -0.1) is 0 Å². The van der Waals surface area contributed by atoms with Gasteiger partial charge in [0.25, 0.3) is 5.89 Å². The number of anilines is 1. The van der Waals surface area contributed by atoms with E-state index in [0.29, 0.717) is 24.5 Å². The molecule has 1 fully saturated rings. The van der Waals surface area contributed by atoms with Crippen molar-refractivity contribution in [2.75, 3.05) is 32.5 Å². The average Bonchev–Trinajstić information content (AvgIpc) is 2.91. The minimum absolute atomic E-state index is 0.00406. The number of nitrogens with two attached hydrogens (primary N) is 1. The van der Waals surface area contributed by atoms with Crippen LogP contribution >= 0.6 is 0 Å². The van der Waals surface area contributed by atoms with Gasteiger partial charge >= 0.3 is 0 Å². The van der Waals surface area contributed by atoms with Crippen molar-refractivity contribution < 1.29 is 13.7 Å². The van der Waals surface area contributed by atoms with Crippen LogP contribution < -0.4 is 5.73 Å². The van der Waals surface area contributed by atoms with Crippen LogP contribution in [0.15, 0.2) is 22.7 Å². The first-order chi connectivity index (χ1) is 9.65. The smallest absolute Gasteiger partial charge is 0.260 e. The number of ether oxygens (including phenoxy) is 1. The van der Waals surface area contributed by atoms with Gasteiger partial charge in [-0.2, -0.15) is 4.98 Å². The monoisotopic (exact) mass is 278 g/mol. The third-order valence-electron chi connectivity index (χ3n) is 3.28. The standard InChI is InChI=1S/C13H15FN4O2/c1-18-5-6-19-10(7-18)12-16-13(20-17-12)8-3-2-4-9(14)11(8)15/h2-4,10H,5-7,15H2,1H3. The molecule has 0 radical (unpaired) electrons. The van der Waals surface area contributed by atoms with Gasteiger partial charge in [-0.05, 0) is 19.2 Å². The molecule has 3 rings (SSSR count). The minimum atomic E-state index is -0.504. The third-order valence-corrected chi connectivity index (χ3v) is 3.28. The van der Waals surface area contributed by atoms with Crippen molar-refractivity contribution in [1.29, 1.82) is 0 Å². The molecule has 1 aliphatic rings. The molecular weight excluding hydrogens is 263 g/mol. The first-order valence-electron chi connectivity index (χ1n) is 6.33. The first-order valence-corrected chi connectivity index (χ1v) is 6.33. The lowest BCUT2D eigenvalue weighted by atomic mass is 10.1. The van der Waals surface area contributed by atoms with Gasteiger partial charge < -0.3 is 19.9 Å². The number of nitrogen functional groups attached to an aromatic ring is 1. The maximum Gasteiger partial charge on any atom is 0.260 e. The van der Waals surface area contributed by atoms with Crippen molar-refractivity contribution in [3.63, 3.8) is 0 Å². The number of hydrogen-bond donors (Lipinski definition) is 1. The molecule has 20 heavy (non-hydrogen) atoms. The lowest BCUT2D eigenvalue weighted by molar-refractivity contribution is -0.0264. The molecule has 2 heterocycles. The molecule has 2 N–H and O–H groups in total. The molecule has 0 bridgehead atoms. The predicted octanol–water partition coefficient (Wildman–Crippen LogP) is 1.46. The van der Waals surface area contributed by atoms with Crippen molar-refractivity contribution >= 4 is 5.69 Å². The molecule has 1 aromatic carbocycles. The van der Waals surface area contributed by atoms with E-state index in [4.69, 9.17) is 15.0 Å². The molecule has 0 saturated carbocycles. The van der Waals surface area contributed by atoms with Crippen molar-refractivity contribution in [2.45, 2.75) is 6.10 Å². The Bertz CT molecular complexity index is 616. The Kier molecular flexibility index (Phi) is 3.37. The number of halogens is 1. The summed E-state index contributed by atoms with van der Waals surface area (Å²) in [5.74, 6) is 0.153. The van der Waals surface area contributed by atoms with Gasteiger partial charge in [0.1, 0.15) is 11.9 Å². The zero-order valence-corrected chi connectivity index (χ0v) is 11.0. The van der Waals surface area contributed by atoms with Gasteiger partial charge in [0.05, 0.1) is 17.9 Å². The summed E-state index contributed by atoms with van der Waals surface area (Å²) in [6.07, 6.45) is -0.235. The van der Waals surface area contributed by atoms with E-state index >= 15 is 0 Å². The Labute approximate surface area is 115 Å². The molecule has 1 atom stereocenters. The number of nitrogens with zero attached hydrogens (tertiary/aromatic N) is 3. The normalized spacial score (nSPS) is 20.2. The second-order valence-corrected chi connectivity index (χ2v) is 4.78. The van der Waals surface area contributed by atoms with E-state index in [2.05, 4.69) is 15.0 Å². The molecular formula is C13H15FN4O2. The summed E-state index contributed by atoms with van der Waals surface area (Å²) in [7, 11) is 2.00. The first kappa shape index (κ1) is 13.0. The van der Waals surface area contributed by atoms with Crippen LogP contribution in [-0.4, -0.2) is 41.8 Å². The van der Waals surface area contributed by atoms with Crippen molar-refractivity contribution in [1.82, 2.24) is 15.0 Å². The van der Waals surface area contributed by atoms with Crippen LogP contribution in [0.2, 0.25) is 0 Å². The Morgan fingerprint density at radius 3 is 3.10 bits per heavy atom. The van der Waals surface area contributed by atoms with E-state index in [9.17, 15) is 4.39 Å². The number of para-hydroxylation sites is 1. The lowest BCUT2D eigenvalue weighted by Gasteiger charge is -2.27. The van der Waals surface area contributed by atoms with Gasteiger partial charge in [0.2, 0.25) is 5.82 Å². The van der Waals surface area contributed by atoms with Gasteiger partial charge in [0, 0.05) is 13.1 Å². The van der Waals surface area contributed by atoms with Crippen LogP contribution in [0.25, 0.3) is 11.5 Å². The highest BCUT2D eigenvalue weighted by molar-refractivity contribution is 5.70. The van der Waals surface area contributed by atoms with E-state index in [0.717, 1.165) is 6.54 Å². The molecule has 106 valence electrons. The summed E-state index contributed by atoms with van der Waals surface area (Å²) in [5, 5.41) is 3.91. The van der Waals surface area contributed by atoms with Gasteiger partial charge in [0.15, 0.2) is 0 Å². The zero-order valence-electron chi connectivity index (χ0n) is 11.0. The molecule has 1 saturated heterocycles. The summed E-state index contributed by atoms with van der Waals surface area (Å²) in [6.45, 7) is 2.18. The van der Waals surface area contributed by atoms with Crippen molar-refractivity contribution in [3.05, 3.63) is 29.8 Å². The third kappa shape index (κ3) is 2.37. The zero-order chi connectivity index (χ0) is 14.1. The summed E-state index contributed by atoms with van der Waals surface area (Å²) < 4.78 is 24.2. The van der Waals surface area contributed by atoms with Crippen LogP contribution in [0.3, 0.4) is 0 Å². The van der Waals surface area contributed by atoms with Crippen molar-refractivity contribution in [2.24, 2.45) is 0 Å². The molecule has 0 spiro atoms. The van der Waals surface area contributed by atoms with Gasteiger partial charge in [-0.25, -0.2) is 4.39 Å². The Balaban J connectivity index is 1.88. The van der Waals surface area contributed by atoms with Crippen LogP contribution in [0.5, 0.6) is 0 Å². The van der Waals surface area contributed by atoms with E-state index in [1.807, 2.05) is 7.05 Å². The van der Waals surface area contributed by atoms with Crippen LogP contribution in [0.4, 0.5) is 10.1 Å². The van der Waals surface area contributed by atoms with Crippen molar-refractivity contribution in [3.8, 4) is 11.5 Å². The Morgan fingerprint density at radius 2 is 2.30 bits per heavy atom. The van der Waals surface area contributed by atoms with E-state index < -0.39 is 5.82 Å². The SMILES string of the molecule is CN1CCOC(c2noc(-c3cccc(F)c3N)n2)C1. The number of aromatic nitrogens is 2. The number of morpholine rings is 1. The van der Waals surface area contributed by atoms with E-state index in [1.54, 1.807) is 12.1 Å². The highest BCUT2D eigenvalue weighted by Crippen LogP contribution is 2.28. The van der Waals surface area contributed by atoms with Crippen LogP contribution in [0.1, 0.15) is 11.9 Å². The predicted molar refractivity (Wildman–Crippen MR) is 70.3 cm³/mol. The fraction of sp³-hybridized carbons (Fsp3) is 0.385. The van der Waals surface area contributed by atoms with Gasteiger partial charge in [-0.3, -0.25) is 0 Å². The second kappa shape index (κ2) is 5.18. The number of rotatable bonds is 2. The lowest BCUT2D eigenvalue weighted by Crippen LogP contribution is -2.35. The van der Waals surface area contributed by atoms with E-state index in [1.165, 1.54) is 6.07 Å². The summed E-state index contributed by atoms with van der Waals surface area (Å²) in [4.78, 5) is 6.39. The minimum Gasteiger partial charge on any atom is -0.396 e. The molecule has 0 aliphatic carbocycles. The number of hydrogen-bond acceptors (Lipinski definition) is 6. The molecule has 1 aliphatic heterocycles. The number of likely N-dealkylation sites (N-methyl/N-ethyl adjacent to an activating group) is 1. The molecule has 6 nitrogen and oxygen atoms in total. The Hall–Kier alpha value is -1.99. The van der Waals surface area contributed by atoms with E-state index in [-0.39, 0.29) is 17.7 Å². The summed E-state index contributed by atoms with van der Waals surface area (Å²) in [5.41, 5.74) is 6.08. The largest absolute Gasteiger partial charge is 0.396 e. The molecule has 1 unspecified atom stereocenters. The van der Waals surface area contributed by atoms with Gasteiger partial charge in [-0.1, -0.05) is 11.2 Å². The summed E-state index contributed by atoms with van der Waals surface area (Å²) in [6, 6.07) is 4.48. The maximum atomic E-state index is 13.4. The second-order valence-electron chi connectivity index (χ2n) is 4.78. The highest BCUT2D eigenvalue weighted by atomic mass is 19.1. The number of benzene rings is 1. The quantitative estimate of drug-likeness (QED) is 0.838. The maximum absolute atomic E-state index is 13.4. The van der Waals surface area contributed by atoms with Crippen LogP contribution in [0, 0.1) is 5.82 Å². The molecule has 0 amide bonds. The average molecular weight is 278 g/mol. The fourth-order valence-corrected chi connectivity index (χ4v) is 2.13. The highest BCUT2D eigenvalue weighted by Gasteiger charge is 2.25. The Morgan fingerprint density at radius 1 is 1.45 bits per heavy atom. The molecule has 2 aromatic rings. The molecule has 7 heteroatoms. The van der Waals surface area contributed by atoms with Crippen LogP contribution in [-0.2, 0) is 4.74 Å².